The second kappa shape index (κ2) is 8.91. The summed E-state index contributed by atoms with van der Waals surface area (Å²) in [5.74, 6) is -2.40. The fourth-order valence-corrected chi connectivity index (χ4v) is 6.37. The number of imide groups is 1. The van der Waals surface area contributed by atoms with Crippen LogP contribution in [-0.2, 0) is 9.59 Å². The number of non-ortho nitro benzene ring substituents is 1. The molecule has 2 saturated heterocycles. The third-order valence-corrected chi connectivity index (χ3v) is 8.10. The Bertz CT molecular complexity index is 1550. The topological polar surface area (TPSA) is 110 Å². The van der Waals surface area contributed by atoms with E-state index in [4.69, 9.17) is 4.74 Å². The largest absolute Gasteiger partial charge is 0.496 e. The Morgan fingerprint density at radius 3 is 2.39 bits per heavy atom. The molecule has 6 rings (SSSR count). The summed E-state index contributed by atoms with van der Waals surface area (Å²) < 4.78 is 5.88. The van der Waals surface area contributed by atoms with Gasteiger partial charge < -0.3 is 9.64 Å². The molecule has 4 atom stereocenters. The summed E-state index contributed by atoms with van der Waals surface area (Å²) in [6.07, 6.45) is 3.68. The van der Waals surface area contributed by atoms with E-state index >= 15 is 0 Å². The Kier molecular flexibility index (Phi) is 5.64. The van der Waals surface area contributed by atoms with Crippen molar-refractivity contribution in [2.24, 2.45) is 11.8 Å². The van der Waals surface area contributed by atoms with Gasteiger partial charge in [-0.05, 0) is 63.5 Å². The summed E-state index contributed by atoms with van der Waals surface area (Å²) in [7, 11) is 1.53. The maximum absolute atomic E-state index is 14.0. The first-order valence-corrected chi connectivity index (χ1v) is 12.7. The average molecular weight is 574 g/mol. The number of carbonyl (C=O) groups excluding carboxylic acids is 3. The van der Waals surface area contributed by atoms with Gasteiger partial charge in [-0.25, -0.2) is 4.90 Å². The number of ether oxygens (including phenoxy) is 1. The van der Waals surface area contributed by atoms with Crippen molar-refractivity contribution >= 4 is 51.0 Å². The number of hydrogen-bond acceptors (Lipinski definition) is 7. The molecule has 9 nitrogen and oxygen atoms in total. The minimum absolute atomic E-state index is 0.149. The monoisotopic (exact) mass is 573 g/mol. The second-order valence-corrected chi connectivity index (χ2v) is 10.2. The number of anilines is 1. The lowest BCUT2D eigenvalue weighted by molar-refractivity contribution is -0.384. The number of hydrogen-bond donors (Lipinski definition) is 0. The number of nitro benzene ring substituents is 1. The van der Waals surface area contributed by atoms with Gasteiger partial charge in [0.05, 0.1) is 40.1 Å². The lowest BCUT2D eigenvalue weighted by atomic mass is 9.83. The molecule has 0 aliphatic carbocycles. The lowest BCUT2D eigenvalue weighted by Gasteiger charge is -2.35. The Balaban J connectivity index is 1.46. The third-order valence-electron chi connectivity index (χ3n) is 7.49. The molecule has 38 heavy (non-hydrogen) atoms. The van der Waals surface area contributed by atoms with Gasteiger partial charge in [0.1, 0.15) is 11.8 Å². The summed E-state index contributed by atoms with van der Waals surface area (Å²) in [6.45, 7) is 0. The van der Waals surface area contributed by atoms with Gasteiger partial charge in [-0.1, -0.05) is 24.3 Å². The number of nitrogens with zero attached hydrogens (tertiary/aromatic N) is 3. The highest BCUT2D eigenvalue weighted by atomic mass is 79.9. The minimum atomic E-state index is -0.938. The van der Waals surface area contributed by atoms with E-state index in [0.717, 1.165) is 16.0 Å². The number of rotatable bonds is 5. The molecule has 0 bridgehead atoms. The van der Waals surface area contributed by atoms with Crippen molar-refractivity contribution in [3.63, 3.8) is 0 Å². The van der Waals surface area contributed by atoms with E-state index in [1.54, 1.807) is 24.4 Å². The average Bonchev–Trinajstić information content (AvgIpc) is 3.40. The van der Waals surface area contributed by atoms with Gasteiger partial charge >= 0.3 is 0 Å². The van der Waals surface area contributed by atoms with Crippen LogP contribution in [0.5, 0.6) is 5.75 Å². The number of methoxy groups -OCH3 is 1. The fourth-order valence-electron chi connectivity index (χ4n) is 5.83. The quantitative estimate of drug-likeness (QED) is 0.187. The molecule has 190 valence electrons. The van der Waals surface area contributed by atoms with Gasteiger partial charge in [0.2, 0.25) is 11.8 Å². The van der Waals surface area contributed by atoms with E-state index in [9.17, 15) is 24.5 Å². The Hall–Kier alpha value is -4.31. The van der Waals surface area contributed by atoms with E-state index in [2.05, 4.69) is 15.9 Å². The van der Waals surface area contributed by atoms with Gasteiger partial charge in [-0.2, -0.15) is 0 Å². The van der Waals surface area contributed by atoms with Crippen molar-refractivity contribution in [3.05, 3.63) is 104 Å². The summed E-state index contributed by atoms with van der Waals surface area (Å²) in [4.78, 5) is 55.3. The van der Waals surface area contributed by atoms with Crippen LogP contribution in [-0.4, -0.2) is 40.6 Å². The molecule has 0 unspecified atom stereocenters. The van der Waals surface area contributed by atoms with Crippen LogP contribution >= 0.6 is 15.9 Å². The standard InChI is InChI=1S/C28H20BrN3O6/c1-38-21-11-6-16(14-20(21)29)26(33)25-23-22(24-19-5-3-2-4-15(19)12-13-30(24)25)27(34)31(28(23)35)17-7-9-18(10-8-17)32(36)37/h2-14,22-25H,1H3/t22-,23-,24-,25+/m1/s1. The summed E-state index contributed by atoms with van der Waals surface area (Å²) in [5, 5.41) is 11.1. The molecule has 0 radical (unpaired) electrons. The minimum Gasteiger partial charge on any atom is -0.496 e. The second-order valence-electron chi connectivity index (χ2n) is 9.33. The molecule has 0 aromatic heterocycles. The van der Waals surface area contributed by atoms with Crippen LogP contribution in [0.25, 0.3) is 6.08 Å². The van der Waals surface area contributed by atoms with Crippen molar-refractivity contribution < 1.29 is 24.0 Å². The fraction of sp³-hybridized carbons (Fsp3) is 0.179. The summed E-state index contributed by atoms with van der Waals surface area (Å²) in [6, 6.07) is 16.4. The van der Waals surface area contributed by atoms with Crippen molar-refractivity contribution in [1.82, 2.24) is 4.90 Å². The smallest absolute Gasteiger partial charge is 0.269 e. The molecule has 2 amide bonds. The van der Waals surface area contributed by atoms with E-state index in [1.165, 1.54) is 31.4 Å². The first-order valence-electron chi connectivity index (χ1n) is 11.9. The molecule has 0 N–H and O–H groups in total. The zero-order chi connectivity index (χ0) is 26.7. The maximum Gasteiger partial charge on any atom is 0.269 e. The SMILES string of the molecule is COc1ccc(C(=O)[C@@H]2[C@@H]3C(=O)N(c4ccc([N+](=O)[O-])cc4)C(=O)[C@H]3[C@H]3c4ccccc4C=CN23)cc1Br. The van der Waals surface area contributed by atoms with Crippen molar-refractivity contribution in [2.75, 3.05) is 12.0 Å². The van der Waals surface area contributed by atoms with Crippen LogP contribution < -0.4 is 9.64 Å². The first kappa shape index (κ1) is 24.1. The van der Waals surface area contributed by atoms with Gasteiger partial charge in [-0.3, -0.25) is 24.5 Å². The molecule has 3 aliphatic rings. The zero-order valence-electron chi connectivity index (χ0n) is 20.0. The molecule has 0 saturated carbocycles. The molecular weight excluding hydrogens is 554 g/mol. The van der Waals surface area contributed by atoms with Gasteiger partial charge in [-0.15, -0.1) is 0 Å². The molecule has 3 heterocycles. The number of carbonyl (C=O) groups is 3. The van der Waals surface area contributed by atoms with E-state index in [1.807, 2.05) is 35.2 Å². The molecule has 3 aromatic rings. The molecular formula is C28H20BrN3O6. The van der Waals surface area contributed by atoms with Crippen molar-refractivity contribution in [2.45, 2.75) is 12.1 Å². The van der Waals surface area contributed by atoms with Crippen LogP contribution in [0.15, 0.2) is 77.4 Å². The van der Waals surface area contributed by atoms with Crippen LogP contribution in [0.4, 0.5) is 11.4 Å². The number of amides is 2. The normalized spacial score (nSPS) is 23.2. The van der Waals surface area contributed by atoms with Crippen LogP contribution in [0.1, 0.15) is 27.5 Å². The highest BCUT2D eigenvalue weighted by Gasteiger charge is 2.64. The highest BCUT2D eigenvalue weighted by Crippen LogP contribution is 2.53. The molecule has 3 aliphatic heterocycles. The van der Waals surface area contributed by atoms with Crippen LogP contribution in [0, 0.1) is 22.0 Å². The Morgan fingerprint density at radius 1 is 1.00 bits per heavy atom. The number of fused-ring (bicyclic) bond motifs is 5. The van der Waals surface area contributed by atoms with Crippen LogP contribution in [0.3, 0.4) is 0 Å². The third kappa shape index (κ3) is 3.47. The van der Waals surface area contributed by atoms with E-state index < -0.39 is 40.7 Å². The number of halogens is 1. The summed E-state index contributed by atoms with van der Waals surface area (Å²) in [5.41, 5.74) is 2.25. The number of nitro groups is 1. The van der Waals surface area contributed by atoms with E-state index in [0.29, 0.717) is 15.8 Å². The molecule has 2 fully saturated rings. The Labute approximate surface area is 225 Å². The van der Waals surface area contributed by atoms with E-state index in [-0.39, 0.29) is 17.2 Å². The van der Waals surface area contributed by atoms with Gasteiger partial charge in [0.25, 0.3) is 5.69 Å². The van der Waals surface area contributed by atoms with Gasteiger partial charge in [0.15, 0.2) is 5.78 Å². The predicted molar refractivity (Wildman–Crippen MR) is 141 cm³/mol. The lowest BCUT2D eigenvalue weighted by Crippen LogP contribution is -2.44. The zero-order valence-corrected chi connectivity index (χ0v) is 21.6. The Morgan fingerprint density at radius 2 is 1.71 bits per heavy atom. The first-order chi connectivity index (χ1) is 18.3. The number of ketones is 1. The summed E-state index contributed by atoms with van der Waals surface area (Å²) >= 11 is 3.43. The molecule has 0 spiro atoms. The number of benzene rings is 3. The highest BCUT2D eigenvalue weighted by molar-refractivity contribution is 9.10. The predicted octanol–water partition coefficient (Wildman–Crippen LogP) is 4.76. The molecule has 10 heteroatoms. The number of Topliss-reactive ketones (excluding diaryl/α,β-unsaturated/α-hetero) is 1. The van der Waals surface area contributed by atoms with Crippen LogP contribution in [0.2, 0.25) is 0 Å². The van der Waals surface area contributed by atoms with Gasteiger partial charge in [0, 0.05) is 23.9 Å². The van der Waals surface area contributed by atoms with Crippen molar-refractivity contribution in [3.8, 4) is 5.75 Å². The van der Waals surface area contributed by atoms with Crippen molar-refractivity contribution in [1.29, 1.82) is 0 Å². The maximum atomic E-state index is 14.0. The molecule has 3 aromatic carbocycles.